The Hall–Kier alpha value is -1.84. The molecule has 1 aliphatic rings. The van der Waals surface area contributed by atoms with Crippen LogP contribution in [0.15, 0.2) is 30.6 Å². The Morgan fingerprint density at radius 2 is 2.17 bits per heavy atom. The van der Waals surface area contributed by atoms with E-state index < -0.39 is 5.82 Å². The summed E-state index contributed by atoms with van der Waals surface area (Å²) in [4.78, 5) is 0. The number of hydrogen-bond acceptors (Lipinski definition) is 2. The summed E-state index contributed by atoms with van der Waals surface area (Å²) in [5.74, 6) is -0.167. The summed E-state index contributed by atoms with van der Waals surface area (Å²) in [6.07, 6.45) is 7.60. The van der Waals surface area contributed by atoms with Crippen LogP contribution in [-0.4, -0.2) is 14.9 Å². The normalized spacial score (nSPS) is 15.6. The van der Waals surface area contributed by atoms with Crippen LogP contribution in [0.1, 0.15) is 19.3 Å². The number of halogens is 1. The van der Waals surface area contributed by atoms with E-state index in [1.165, 1.54) is 31.4 Å². The van der Waals surface area contributed by atoms with Crippen molar-refractivity contribution in [2.45, 2.75) is 25.8 Å². The lowest BCUT2D eigenvalue weighted by molar-refractivity contribution is 0.266. The van der Waals surface area contributed by atoms with E-state index in [1.807, 2.05) is 10.9 Å². The van der Waals surface area contributed by atoms with Crippen molar-refractivity contribution in [2.24, 2.45) is 5.92 Å². The van der Waals surface area contributed by atoms with Gasteiger partial charge < -0.3 is 5.11 Å². The highest BCUT2D eigenvalue weighted by Crippen LogP contribution is 2.29. The Kier molecular flexibility index (Phi) is 2.78. The van der Waals surface area contributed by atoms with Gasteiger partial charge in [0.2, 0.25) is 0 Å². The quantitative estimate of drug-likeness (QED) is 0.903. The zero-order chi connectivity index (χ0) is 12.5. The molecule has 1 aromatic heterocycles. The van der Waals surface area contributed by atoms with Crippen LogP contribution in [0, 0.1) is 11.7 Å². The third-order valence-electron chi connectivity index (χ3n) is 3.58. The van der Waals surface area contributed by atoms with Crippen LogP contribution in [-0.2, 0) is 6.54 Å². The molecule has 1 N–H and O–H groups in total. The number of benzene rings is 1. The molecule has 3 rings (SSSR count). The molecule has 1 saturated carbocycles. The molecule has 1 aromatic carbocycles. The first kappa shape index (κ1) is 11.3. The molecule has 0 unspecified atom stereocenters. The van der Waals surface area contributed by atoms with Gasteiger partial charge >= 0.3 is 0 Å². The topological polar surface area (TPSA) is 38.1 Å². The summed E-state index contributed by atoms with van der Waals surface area (Å²) in [5.41, 5.74) is 1.69. The van der Waals surface area contributed by atoms with E-state index in [2.05, 4.69) is 5.10 Å². The maximum Gasteiger partial charge on any atom is 0.164 e. The van der Waals surface area contributed by atoms with E-state index in [0.717, 1.165) is 23.6 Å². The molecular formula is C14H15FN2O. The highest BCUT2D eigenvalue weighted by Gasteiger charge is 2.18. The van der Waals surface area contributed by atoms with Gasteiger partial charge in [0.25, 0.3) is 0 Å². The lowest BCUT2D eigenvalue weighted by Crippen LogP contribution is -2.18. The van der Waals surface area contributed by atoms with Crippen molar-refractivity contribution < 1.29 is 9.50 Å². The van der Waals surface area contributed by atoms with Gasteiger partial charge in [0.15, 0.2) is 11.6 Å². The summed E-state index contributed by atoms with van der Waals surface area (Å²) in [5, 5.41) is 13.7. The number of phenolic OH excluding ortho intramolecular Hbond substituents is 1. The van der Waals surface area contributed by atoms with Crippen LogP contribution in [0.5, 0.6) is 5.75 Å². The fraction of sp³-hybridized carbons (Fsp3) is 0.357. The number of rotatable bonds is 3. The van der Waals surface area contributed by atoms with Gasteiger partial charge in [-0.2, -0.15) is 5.10 Å². The van der Waals surface area contributed by atoms with Crippen LogP contribution in [0.2, 0.25) is 0 Å². The molecule has 0 amide bonds. The Morgan fingerprint density at radius 3 is 2.83 bits per heavy atom. The van der Waals surface area contributed by atoms with Crippen molar-refractivity contribution in [3.8, 4) is 16.9 Å². The van der Waals surface area contributed by atoms with Crippen molar-refractivity contribution in [2.75, 3.05) is 0 Å². The van der Waals surface area contributed by atoms with Gasteiger partial charge in [-0.25, -0.2) is 4.39 Å². The first-order valence-corrected chi connectivity index (χ1v) is 6.24. The molecule has 18 heavy (non-hydrogen) atoms. The molecule has 0 spiro atoms. The predicted molar refractivity (Wildman–Crippen MR) is 66.6 cm³/mol. The second-order valence-electron chi connectivity index (χ2n) is 4.91. The Bertz CT molecular complexity index is 561. The van der Waals surface area contributed by atoms with Gasteiger partial charge in [-0.3, -0.25) is 4.68 Å². The molecule has 1 aliphatic carbocycles. The minimum absolute atomic E-state index is 0.320. The monoisotopic (exact) mass is 246 g/mol. The van der Waals surface area contributed by atoms with Gasteiger partial charge in [-0.05, 0) is 36.5 Å². The highest BCUT2D eigenvalue weighted by molar-refractivity contribution is 5.63. The third kappa shape index (κ3) is 2.10. The Balaban J connectivity index is 1.80. The molecule has 0 atom stereocenters. The van der Waals surface area contributed by atoms with Crippen molar-refractivity contribution in [3.05, 3.63) is 36.4 Å². The van der Waals surface area contributed by atoms with Crippen molar-refractivity contribution in [3.63, 3.8) is 0 Å². The minimum atomic E-state index is -0.597. The largest absolute Gasteiger partial charge is 0.505 e. The van der Waals surface area contributed by atoms with Gasteiger partial charge in [-0.1, -0.05) is 12.5 Å². The molecule has 4 heteroatoms. The number of aromatic hydroxyl groups is 1. The smallest absolute Gasteiger partial charge is 0.164 e. The fourth-order valence-corrected chi connectivity index (χ4v) is 2.24. The molecule has 2 aromatic rings. The molecule has 1 fully saturated rings. The summed E-state index contributed by atoms with van der Waals surface area (Å²) >= 11 is 0. The van der Waals surface area contributed by atoms with Crippen molar-refractivity contribution in [1.82, 2.24) is 9.78 Å². The van der Waals surface area contributed by atoms with Crippen LogP contribution in [0.25, 0.3) is 11.1 Å². The molecular weight excluding hydrogens is 231 g/mol. The summed E-state index contributed by atoms with van der Waals surface area (Å²) in [6.45, 7) is 0.952. The van der Waals surface area contributed by atoms with E-state index in [4.69, 9.17) is 0 Å². The average molecular weight is 246 g/mol. The third-order valence-corrected chi connectivity index (χ3v) is 3.58. The number of aromatic nitrogens is 2. The summed E-state index contributed by atoms with van der Waals surface area (Å²) in [6, 6.07) is 4.35. The standard InChI is InChI=1S/C14H15FN2O/c15-13-5-4-11(6-14(13)18)12-7-16-17(9-12)8-10-2-1-3-10/h4-7,9-10,18H,1-3,8H2. The molecule has 94 valence electrons. The van der Waals surface area contributed by atoms with Crippen LogP contribution >= 0.6 is 0 Å². The average Bonchev–Trinajstić information content (AvgIpc) is 2.76. The van der Waals surface area contributed by atoms with Crippen LogP contribution in [0.3, 0.4) is 0 Å². The molecule has 0 radical (unpaired) electrons. The van der Waals surface area contributed by atoms with Crippen LogP contribution < -0.4 is 0 Å². The van der Waals surface area contributed by atoms with Gasteiger partial charge in [0.1, 0.15) is 0 Å². The van der Waals surface area contributed by atoms with E-state index in [1.54, 1.807) is 12.3 Å². The van der Waals surface area contributed by atoms with Gasteiger partial charge in [0, 0.05) is 18.3 Å². The maximum atomic E-state index is 13.0. The lowest BCUT2D eigenvalue weighted by atomic mass is 9.85. The Morgan fingerprint density at radius 1 is 1.33 bits per heavy atom. The molecule has 0 bridgehead atoms. The number of hydrogen-bond donors (Lipinski definition) is 1. The second kappa shape index (κ2) is 4.44. The van der Waals surface area contributed by atoms with Crippen LogP contribution in [0.4, 0.5) is 4.39 Å². The van der Waals surface area contributed by atoms with E-state index >= 15 is 0 Å². The Labute approximate surface area is 105 Å². The fourth-order valence-electron chi connectivity index (χ4n) is 2.24. The molecule has 0 aliphatic heterocycles. The zero-order valence-electron chi connectivity index (χ0n) is 10.0. The minimum Gasteiger partial charge on any atom is -0.505 e. The predicted octanol–water partition coefficient (Wildman–Crippen LogP) is 3.19. The molecule has 3 nitrogen and oxygen atoms in total. The second-order valence-corrected chi connectivity index (χ2v) is 4.91. The zero-order valence-corrected chi connectivity index (χ0v) is 10.0. The summed E-state index contributed by atoms with van der Waals surface area (Å²) < 4.78 is 14.9. The van der Waals surface area contributed by atoms with Gasteiger partial charge in [0.05, 0.1) is 6.20 Å². The first-order valence-electron chi connectivity index (χ1n) is 6.24. The van der Waals surface area contributed by atoms with E-state index in [9.17, 15) is 9.50 Å². The van der Waals surface area contributed by atoms with Crippen molar-refractivity contribution >= 4 is 0 Å². The molecule has 1 heterocycles. The van der Waals surface area contributed by atoms with E-state index in [0.29, 0.717) is 0 Å². The maximum absolute atomic E-state index is 13.0. The van der Waals surface area contributed by atoms with Gasteiger partial charge in [-0.15, -0.1) is 0 Å². The van der Waals surface area contributed by atoms with Crippen molar-refractivity contribution in [1.29, 1.82) is 0 Å². The number of nitrogens with zero attached hydrogens (tertiary/aromatic N) is 2. The lowest BCUT2D eigenvalue weighted by Gasteiger charge is -2.24. The highest BCUT2D eigenvalue weighted by atomic mass is 19.1. The summed E-state index contributed by atoms with van der Waals surface area (Å²) in [7, 11) is 0. The number of phenols is 1. The molecule has 0 saturated heterocycles. The van der Waals surface area contributed by atoms with E-state index in [-0.39, 0.29) is 5.75 Å². The SMILES string of the molecule is Oc1cc(-c2cnn(CC3CCC3)c2)ccc1F. The first-order chi connectivity index (χ1) is 8.72.